The Morgan fingerprint density at radius 1 is 1.67 bits per heavy atom. The predicted octanol–water partition coefficient (Wildman–Crippen LogP) is 2.64. The van der Waals surface area contributed by atoms with E-state index in [-0.39, 0.29) is 12.6 Å². The zero-order valence-corrected chi connectivity index (χ0v) is 8.15. The van der Waals surface area contributed by atoms with E-state index >= 15 is 0 Å². The molecule has 0 amide bonds. The third kappa shape index (κ3) is 3.58. The number of ether oxygens (including phenoxy) is 1. The molecule has 0 aromatic carbocycles. The summed E-state index contributed by atoms with van der Waals surface area (Å²) in [6, 6.07) is 0. The molecule has 2 nitrogen and oxygen atoms in total. The van der Waals surface area contributed by atoms with Crippen LogP contribution in [0, 0.1) is 0 Å². The monoisotopic (exact) mass is 188 g/mol. The molecule has 0 aromatic rings. The van der Waals surface area contributed by atoms with Gasteiger partial charge in [0.25, 0.3) is 0 Å². The minimum Gasteiger partial charge on any atom is -0.458 e. The first-order valence-electron chi connectivity index (χ1n) is 3.76. The van der Waals surface area contributed by atoms with Crippen molar-refractivity contribution in [3.63, 3.8) is 0 Å². The van der Waals surface area contributed by atoms with Crippen molar-refractivity contribution in [2.24, 2.45) is 0 Å². The van der Waals surface area contributed by atoms with Crippen LogP contribution in [0.2, 0.25) is 0 Å². The van der Waals surface area contributed by atoms with Gasteiger partial charge in [0.2, 0.25) is 0 Å². The molecule has 68 valence electrons. The lowest BCUT2D eigenvalue weighted by Crippen LogP contribution is -2.06. The van der Waals surface area contributed by atoms with E-state index in [0.717, 1.165) is 0 Å². The van der Waals surface area contributed by atoms with Crippen LogP contribution >= 0.6 is 11.6 Å². The normalized spacial score (nSPS) is 11.9. The molecular weight excluding hydrogens is 176 g/mol. The molecular formula is C9H13ClO2. The minimum absolute atomic E-state index is 0.226. The fraction of sp³-hybridized carbons (Fsp3) is 0.444. The Morgan fingerprint density at radius 2 is 2.25 bits per heavy atom. The molecule has 0 rings (SSSR count). The number of halogens is 1. The lowest BCUT2D eigenvalue weighted by molar-refractivity contribution is -0.137. The van der Waals surface area contributed by atoms with E-state index in [2.05, 4.69) is 6.58 Å². The fourth-order valence-corrected chi connectivity index (χ4v) is 0.696. The standard InChI is InChI=1S/C9H13ClO2/c1-4-6-12-9(11)7(3)8(10)5-2/h4H,1,5-6H2,2-3H3. The second-order valence-corrected chi connectivity index (χ2v) is 2.73. The van der Waals surface area contributed by atoms with Gasteiger partial charge in [0.15, 0.2) is 0 Å². The molecule has 0 aliphatic rings. The maximum absolute atomic E-state index is 11.1. The molecule has 0 saturated carbocycles. The molecule has 12 heavy (non-hydrogen) atoms. The second kappa shape index (κ2) is 5.84. The Morgan fingerprint density at radius 3 is 2.67 bits per heavy atom. The Bertz CT molecular complexity index is 207. The topological polar surface area (TPSA) is 26.3 Å². The summed E-state index contributed by atoms with van der Waals surface area (Å²) in [5.74, 6) is -0.373. The van der Waals surface area contributed by atoms with Crippen LogP contribution in [0.3, 0.4) is 0 Å². The van der Waals surface area contributed by atoms with Crippen LogP contribution in [0.1, 0.15) is 20.3 Å². The van der Waals surface area contributed by atoms with Gasteiger partial charge in [0.05, 0.1) is 0 Å². The summed E-state index contributed by atoms with van der Waals surface area (Å²) < 4.78 is 4.78. The number of rotatable bonds is 4. The summed E-state index contributed by atoms with van der Waals surface area (Å²) in [5.41, 5.74) is 0.473. The highest BCUT2D eigenvalue weighted by Gasteiger charge is 2.08. The molecule has 0 aromatic heterocycles. The summed E-state index contributed by atoms with van der Waals surface area (Å²) in [5, 5.41) is 0.545. The quantitative estimate of drug-likeness (QED) is 0.385. The van der Waals surface area contributed by atoms with Crippen molar-refractivity contribution in [3.05, 3.63) is 23.3 Å². The molecule has 0 N–H and O–H groups in total. The third-order valence-electron chi connectivity index (χ3n) is 1.36. The molecule has 0 spiro atoms. The summed E-state index contributed by atoms with van der Waals surface area (Å²) in [4.78, 5) is 11.1. The van der Waals surface area contributed by atoms with Gasteiger partial charge in [-0.15, -0.1) is 0 Å². The lowest BCUT2D eigenvalue weighted by atomic mass is 10.2. The molecule has 0 aliphatic heterocycles. The maximum atomic E-state index is 11.1. The second-order valence-electron chi connectivity index (χ2n) is 2.27. The van der Waals surface area contributed by atoms with Crippen molar-refractivity contribution < 1.29 is 9.53 Å². The van der Waals surface area contributed by atoms with Crippen molar-refractivity contribution in [3.8, 4) is 0 Å². The van der Waals surface area contributed by atoms with Crippen molar-refractivity contribution in [1.82, 2.24) is 0 Å². The average molecular weight is 189 g/mol. The molecule has 0 fully saturated rings. The van der Waals surface area contributed by atoms with Gasteiger partial charge in [-0.2, -0.15) is 0 Å². The predicted molar refractivity (Wildman–Crippen MR) is 50.0 cm³/mol. The number of carbonyl (C=O) groups excluding carboxylic acids is 1. The number of hydrogen-bond donors (Lipinski definition) is 0. The van der Waals surface area contributed by atoms with E-state index in [9.17, 15) is 4.79 Å². The molecule has 0 aliphatic carbocycles. The number of carbonyl (C=O) groups is 1. The highest BCUT2D eigenvalue weighted by atomic mass is 35.5. The molecule has 0 heterocycles. The van der Waals surface area contributed by atoms with Crippen LogP contribution < -0.4 is 0 Å². The minimum atomic E-state index is -0.373. The Hall–Kier alpha value is -0.760. The van der Waals surface area contributed by atoms with E-state index in [1.54, 1.807) is 6.92 Å². The third-order valence-corrected chi connectivity index (χ3v) is 1.91. The highest BCUT2D eigenvalue weighted by molar-refractivity contribution is 6.31. The van der Waals surface area contributed by atoms with Crippen LogP contribution in [0.15, 0.2) is 23.3 Å². The summed E-state index contributed by atoms with van der Waals surface area (Å²) in [7, 11) is 0. The number of hydrogen-bond acceptors (Lipinski definition) is 2. The van der Waals surface area contributed by atoms with E-state index in [4.69, 9.17) is 16.3 Å². The van der Waals surface area contributed by atoms with Crippen LogP contribution in [0.4, 0.5) is 0 Å². The van der Waals surface area contributed by atoms with Crippen molar-refractivity contribution >= 4 is 17.6 Å². The molecule has 0 radical (unpaired) electrons. The first kappa shape index (κ1) is 11.2. The van der Waals surface area contributed by atoms with Gasteiger partial charge in [0.1, 0.15) is 6.61 Å². The van der Waals surface area contributed by atoms with Gasteiger partial charge in [0, 0.05) is 10.6 Å². The van der Waals surface area contributed by atoms with Gasteiger partial charge in [-0.05, 0) is 13.3 Å². The molecule has 0 atom stereocenters. The van der Waals surface area contributed by atoms with Gasteiger partial charge in [-0.3, -0.25) is 0 Å². The number of esters is 1. The SMILES string of the molecule is C=CCOC(=O)C(C)=C(Cl)CC. The van der Waals surface area contributed by atoms with E-state index in [1.807, 2.05) is 6.92 Å². The molecule has 0 bridgehead atoms. The van der Waals surface area contributed by atoms with Crippen LogP contribution in [0.25, 0.3) is 0 Å². The molecule has 0 unspecified atom stereocenters. The zero-order chi connectivity index (χ0) is 9.56. The van der Waals surface area contributed by atoms with Gasteiger partial charge < -0.3 is 4.74 Å². The van der Waals surface area contributed by atoms with Crippen LogP contribution in [-0.4, -0.2) is 12.6 Å². The average Bonchev–Trinajstić information content (AvgIpc) is 2.11. The first-order chi connectivity index (χ1) is 5.63. The van der Waals surface area contributed by atoms with Gasteiger partial charge in [-0.25, -0.2) is 4.79 Å². The highest BCUT2D eigenvalue weighted by Crippen LogP contribution is 2.13. The van der Waals surface area contributed by atoms with E-state index < -0.39 is 0 Å². The van der Waals surface area contributed by atoms with E-state index in [0.29, 0.717) is 17.0 Å². The maximum Gasteiger partial charge on any atom is 0.335 e. The van der Waals surface area contributed by atoms with Crippen molar-refractivity contribution in [2.45, 2.75) is 20.3 Å². The first-order valence-corrected chi connectivity index (χ1v) is 4.14. The molecule has 0 saturated heterocycles. The summed E-state index contributed by atoms with van der Waals surface area (Å²) in [6.07, 6.45) is 2.17. The smallest absolute Gasteiger partial charge is 0.335 e. The van der Waals surface area contributed by atoms with Crippen molar-refractivity contribution in [1.29, 1.82) is 0 Å². The fourth-order valence-electron chi connectivity index (χ4n) is 0.619. The van der Waals surface area contributed by atoms with Crippen LogP contribution in [-0.2, 0) is 9.53 Å². The number of allylic oxidation sites excluding steroid dienone is 1. The molecule has 3 heteroatoms. The Kier molecular flexibility index (Phi) is 5.47. The summed E-state index contributed by atoms with van der Waals surface area (Å²) >= 11 is 5.74. The van der Waals surface area contributed by atoms with Gasteiger partial charge >= 0.3 is 5.97 Å². The van der Waals surface area contributed by atoms with E-state index in [1.165, 1.54) is 6.08 Å². The zero-order valence-electron chi connectivity index (χ0n) is 7.39. The largest absolute Gasteiger partial charge is 0.458 e. The Labute approximate surface area is 77.9 Å². The summed E-state index contributed by atoms with van der Waals surface area (Å²) in [6.45, 7) is 7.19. The van der Waals surface area contributed by atoms with Gasteiger partial charge in [-0.1, -0.05) is 31.2 Å². The van der Waals surface area contributed by atoms with Crippen molar-refractivity contribution in [2.75, 3.05) is 6.61 Å². The Balaban J connectivity index is 4.18. The van der Waals surface area contributed by atoms with Crippen LogP contribution in [0.5, 0.6) is 0 Å². The lowest BCUT2D eigenvalue weighted by Gasteiger charge is -2.03.